The Labute approximate surface area is 121 Å². The first-order valence-corrected chi connectivity index (χ1v) is 7.71. The molecule has 2 rings (SSSR count). The van der Waals surface area contributed by atoms with Gasteiger partial charge in [-0.2, -0.15) is 0 Å². The number of amides is 1. The Hall–Kier alpha value is -0.900. The number of halogens is 2. The zero-order valence-corrected chi connectivity index (χ0v) is 12.5. The monoisotopic (exact) mass is 327 g/mol. The fourth-order valence-electron chi connectivity index (χ4n) is 2.55. The summed E-state index contributed by atoms with van der Waals surface area (Å²) < 4.78 is 13.4. The molecule has 0 aliphatic heterocycles. The van der Waals surface area contributed by atoms with Gasteiger partial charge in [-0.3, -0.25) is 4.79 Å². The van der Waals surface area contributed by atoms with Gasteiger partial charge in [0.05, 0.1) is 6.42 Å². The number of carbonyl (C=O) groups is 1. The highest BCUT2D eigenvalue weighted by Crippen LogP contribution is 2.28. The molecule has 0 aromatic heterocycles. The Bertz CT molecular complexity index is 438. The van der Waals surface area contributed by atoms with E-state index in [1.807, 2.05) is 0 Å². The van der Waals surface area contributed by atoms with Gasteiger partial charge in [-0.05, 0) is 36.8 Å². The van der Waals surface area contributed by atoms with E-state index in [9.17, 15) is 9.18 Å². The van der Waals surface area contributed by atoms with Crippen LogP contribution in [-0.2, 0) is 11.2 Å². The van der Waals surface area contributed by atoms with Crippen molar-refractivity contribution >= 4 is 21.8 Å². The molecule has 1 N–H and O–H groups in total. The third-order valence-electron chi connectivity index (χ3n) is 3.62. The van der Waals surface area contributed by atoms with Crippen LogP contribution in [0.1, 0.15) is 31.2 Å². The van der Waals surface area contributed by atoms with Gasteiger partial charge in [0.25, 0.3) is 0 Å². The number of rotatable bonds is 4. The van der Waals surface area contributed by atoms with E-state index in [2.05, 4.69) is 21.2 Å². The summed E-state index contributed by atoms with van der Waals surface area (Å²) in [7, 11) is 0. The largest absolute Gasteiger partial charge is 0.356 e. The summed E-state index contributed by atoms with van der Waals surface area (Å²) in [5, 5.41) is 2.92. The molecule has 0 bridgehead atoms. The molecule has 0 heterocycles. The van der Waals surface area contributed by atoms with Crippen LogP contribution in [0.15, 0.2) is 24.3 Å². The van der Waals surface area contributed by atoms with Crippen molar-refractivity contribution in [3.05, 3.63) is 35.6 Å². The van der Waals surface area contributed by atoms with Crippen molar-refractivity contribution in [1.82, 2.24) is 5.32 Å². The number of benzene rings is 1. The van der Waals surface area contributed by atoms with Gasteiger partial charge in [0.2, 0.25) is 5.91 Å². The van der Waals surface area contributed by atoms with Gasteiger partial charge in [-0.1, -0.05) is 40.5 Å². The second-order valence-electron chi connectivity index (χ2n) is 5.20. The summed E-state index contributed by atoms with van der Waals surface area (Å²) in [6, 6.07) is 6.43. The molecule has 1 aliphatic carbocycles. The predicted octanol–water partition coefficient (Wildman–Crippen LogP) is 3.44. The molecule has 1 aliphatic rings. The van der Waals surface area contributed by atoms with Crippen LogP contribution in [0, 0.1) is 11.7 Å². The van der Waals surface area contributed by atoms with E-state index in [4.69, 9.17) is 0 Å². The molecule has 0 saturated heterocycles. The molecule has 0 spiro atoms. The topological polar surface area (TPSA) is 29.1 Å². The molecule has 2 atom stereocenters. The first kappa shape index (κ1) is 14.5. The van der Waals surface area contributed by atoms with Crippen molar-refractivity contribution in [2.24, 2.45) is 5.92 Å². The molecular weight excluding hydrogens is 309 g/mol. The number of alkyl halides is 1. The van der Waals surface area contributed by atoms with E-state index in [1.165, 1.54) is 25.3 Å². The Morgan fingerprint density at radius 1 is 1.37 bits per heavy atom. The Kier molecular flexibility index (Phi) is 5.37. The van der Waals surface area contributed by atoms with E-state index < -0.39 is 0 Å². The molecule has 1 aromatic carbocycles. The Balaban J connectivity index is 1.77. The van der Waals surface area contributed by atoms with E-state index >= 15 is 0 Å². The highest BCUT2D eigenvalue weighted by molar-refractivity contribution is 9.09. The Morgan fingerprint density at radius 3 is 2.89 bits per heavy atom. The summed E-state index contributed by atoms with van der Waals surface area (Å²) in [5.41, 5.74) is 0.460. The van der Waals surface area contributed by atoms with Crippen LogP contribution in [0.2, 0.25) is 0 Å². The van der Waals surface area contributed by atoms with Crippen molar-refractivity contribution in [1.29, 1.82) is 0 Å². The lowest BCUT2D eigenvalue weighted by molar-refractivity contribution is -0.120. The van der Waals surface area contributed by atoms with Gasteiger partial charge in [0.15, 0.2) is 0 Å². The maximum Gasteiger partial charge on any atom is 0.224 e. The molecule has 1 amide bonds. The maximum absolute atomic E-state index is 13.4. The lowest BCUT2D eigenvalue weighted by atomic mass is 9.89. The molecule has 1 aromatic rings. The van der Waals surface area contributed by atoms with Crippen LogP contribution >= 0.6 is 15.9 Å². The fraction of sp³-hybridized carbons (Fsp3) is 0.533. The van der Waals surface area contributed by atoms with Gasteiger partial charge in [0.1, 0.15) is 5.82 Å². The van der Waals surface area contributed by atoms with Crippen molar-refractivity contribution in [3.63, 3.8) is 0 Å². The van der Waals surface area contributed by atoms with Gasteiger partial charge in [0, 0.05) is 11.4 Å². The standard InChI is InChI=1S/C15H19BrFNO/c16-13-6-3-4-11(8-13)10-18-15(19)9-12-5-1-2-7-14(12)17/h1-2,5,7,11,13H,3-4,6,8-10H2,(H,18,19). The third-order valence-corrected chi connectivity index (χ3v) is 4.45. The average Bonchev–Trinajstić information content (AvgIpc) is 2.39. The normalized spacial score (nSPS) is 23.1. The molecule has 4 heteroatoms. The van der Waals surface area contributed by atoms with Crippen molar-refractivity contribution in [2.45, 2.75) is 36.9 Å². The zero-order chi connectivity index (χ0) is 13.7. The summed E-state index contributed by atoms with van der Waals surface area (Å²) in [4.78, 5) is 12.4. The molecule has 2 nitrogen and oxygen atoms in total. The predicted molar refractivity (Wildman–Crippen MR) is 77.8 cm³/mol. The molecule has 2 unspecified atom stereocenters. The van der Waals surface area contributed by atoms with Crippen LogP contribution in [0.25, 0.3) is 0 Å². The van der Waals surface area contributed by atoms with Gasteiger partial charge >= 0.3 is 0 Å². The van der Waals surface area contributed by atoms with Crippen molar-refractivity contribution in [3.8, 4) is 0 Å². The van der Waals surface area contributed by atoms with Gasteiger partial charge < -0.3 is 5.32 Å². The fourth-order valence-corrected chi connectivity index (χ4v) is 3.40. The molecule has 1 fully saturated rings. The first-order chi connectivity index (χ1) is 9.15. The van der Waals surface area contributed by atoms with Crippen LogP contribution in [0.3, 0.4) is 0 Å². The highest BCUT2D eigenvalue weighted by atomic mass is 79.9. The van der Waals surface area contributed by atoms with Gasteiger partial charge in [-0.25, -0.2) is 4.39 Å². The molecule has 104 valence electrons. The molecule has 0 radical (unpaired) electrons. The number of carbonyl (C=O) groups excluding carboxylic acids is 1. The summed E-state index contributed by atoms with van der Waals surface area (Å²) in [6.07, 6.45) is 4.84. The van der Waals surface area contributed by atoms with E-state index in [0.29, 0.717) is 22.9 Å². The smallest absolute Gasteiger partial charge is 0.224 e. The van der Waals surface area contributed by atoms with Crippen LogP contribution in [-0.4, -0.2) is 17.3 Å². The third kappa shape index (κ3) is 4.60. The first-order valence-electron chi connectivity index (χ1n) is 6.79. The maximum atomic E-state index is 13.4. The molecular formula is C15H19BrFNO. The summed E-state index contributed by atoms with van der Waals surface area (Å²) in [6.45, 7) is 0.704. The number of nitrogens with one attached hydrogen (secondary N) is 1. The zero-order valence-electron chi connectivity index (χ0n) is 10.9. The van der Waals surface area contributed by atoms with Crippen molar-refractivity contribution < 1.29 is 9.18 Å². The quantitative estimate of drug-likeness (QED) is 0.843. The molecule has 19 heavy (non-hydrogen) atoms. The lowest BCUT2D eigenvalue weighted by Crippen LogP contribution is -2.33. The van der Waals surface area contributed by atoms with E-state index in [0.717, 1.165) is 6.42 Å². The van der Waals surface area contributed by atoms with E-state index in [1.54, 1.807) is 18.2 Å². The minimum Gasteiger partial charge on any atom is -0.356 e. The van der Waals surface area contributed by atoms with Crippen LogP contribution in [0.4, 0.5) is 4.39 Å². The lowest BCUT2D eigenvalue weighted by Gasteiger charge is -2.25. The average molecular weight is 328 g/mol. The minimum absolute atomic E-state index is 0.0956. The van der Waals surface area contributed by atoms with E-state index in [-0.39, 0.29) is 18.1 Å². The summed E-state index contributed by atoms with van der Waals surface area (Å²) in [5.74, 6) is 0.139. The second kappa shape index (κ2) is 7.04. The SMILES string of the molecule is O=C(Cc1ccccc1F)NCC1CCCC(Br)C1. The van der Waals surface area contributed by atoms with Crippen LogP contribution < -0.4 is 5.32 Å². The number of hydrogen-bond donors (Lipinski definition) is 1. The minimum atomic E-state index is -0.309. The van der Waals surface area contributed by atoms with Crippen molar-refractivity contribution in [2.75, 3.05) is 6.54 Å². The highest BCUT2D eigenvalue weighted by Gasteiger charge is 2.20. The Morgan fingerprint density at radius 2 is 2.16 bits per heavy atom. The number of hydrogen-bond acceptors (Lipinski definition) is 1. The summed E-state index contributed by atoms with van der Waals surface area (Å²) >= 11 is 3.64. The van der Waals surface area contributed by atoms with Crippen LogP contribution in [0.5, 0.6) is 0 Å². The molecule has 1 saturated carbocycles. The second-order valence-corrected chi connectivity index (χ2v) is 6.50. The van der Waals surface area contributed by atoms with Gasteiger partial charge in [-0.15, -0.1) is 0 Å².